The predicted octanol–water partition coefficient (Wildman–Crippen LogP) is 2.75. The molecule has 1 unspecified atom stereocenters. The fourth-order valence-electron chi connectivity index (χ4n) is 2.01. The van der Waals surface area contributed by atoms with Crippen molar-refractivity contribution in [3.05, 3.63) is 35.9 Å². The van der Waals surface area contributed by atoms with E-state index in [1.165, 1.54) is 5.56 Å². The molecular weight excluding hydrogens is 200 g/mol. The molecule has 0 aromatic heterocycles. The fourth-order valence-corrected chi connectivity index (χ4v) is 2.01. The van der Waals surface area contributed by atoms with Crippen LogP contribution in [0.1, 0.15) is 32.3 Å². The molecule has 16 heavy (non-hydrogen) atoms. The molecule has 0 fully saturated rings. The van der Waals surface area contributed by atoms with Gasteiger partial charge in [0.25, 0.3) is 0 Å². The van der Waals surface area contributed by atoms with E-state index in [4.69, 9.17) is 4.74 Å². The van der Waals surface area contributed by atoms with E-state index in [0.29, 0.717) is 6.61 Å². The smallest absolute Gasteiger partial charge is 0.0528 e. The van der Waals surface area contributed by atoms with E-state index < -0.39 is 0 Å². The molecule has 1 aromatic carbocycles. The Balaban J connectivity index is 2.79. The molecule has 90 valence electrons. The van der Waals surface area contributed by atoms with Crippen molar-refractivity contribution in [1.29, 1.82) is 0 Å². The zero-order valence-electron chi connectivity index (χ0n) is 10.3. The number of rotatable bonds is 7. The van der Waals surface area contributed by atoms with E-state index in [-0.39, 0.29) is 12.0 Å². The first-order valence-corrected chi connectivity index (χ1v) is 6.03. The van der Waals surface area contributed by atoms with Gasteiger partial charge in [0.1, 0.15) is 0 Å². The third-order valence-corrected chi connectivity index (χ3v) is 3.29. The van der Waals surface area contributed by atoms with Crippen molar-refractivity contribution >= 4 is 0 Å². The van der Waals surface area contributed by atoms with Crippen LogP contribution in [0.2, 0.25) is 0 Å². The molecule has 0 saturated heterocycles. The van der Waals surface area contributed by atoms with Crippen molar-refractivity contribution in [3.63, 3.8) is 0 Å². The molecule has 0 saturated carbocycles. The van der Waals surface area contributed by atoms with Crippen molar-refractivity contribution in [3.8, 4) is 0 Å². The van der Waals surface area contributed by atoms with Crippen molar-refractivity contribution in [2.75, 3.05) is 19.8 Å². The van der Waals surface area contributed by atoms with Crippen molar-refractivity contribution in [2.45, 2.75) is 32.1 Å². The van der Waals surface area contributed by atoms with Gasteiger partial charge in [0.05, 0.1) is 6.61 Å². The molecule has 0 bridgehead atoms. The van der Waals surface area contributed by atoms with E-state index in [1.54, 1.807) is 0 Å². The normalized spacial score (nSPS) is 14.7. The topological polar surface area (TPSA) is 29.5 Å². The van der Waals surface area contributed by atoms with E-state index in [2.05, 4.69) is 19.1 Å². The third-order valence-electron chi connectivity index (χ3n) is 3.29. The van der Waals surface area contributed by atoms with Crippen molar-refractivity contribution in [1.82, 2.24) is 0 Å². The van der Waals surface area contributed by atoms with Crippen LogP contribution in [-0.2, 0) is 10.2 Å². The van der Waals surface area contributed by atoms with E-state index in [0.717, 1.165) is 19.4 Å². The molecule has 0 radical (unpaired) electrons. The summed E-state index contributed by atoms with van der Waals surface area (Å²) >= 11 is 0. The maximum atomic E-state index is 9.67. The zero-order valence-corrected chi connectivity index (χ0v) is 10.3. The number of aliphatic hydroxyl groups excluding tert-OH is 1. The summed E-state index contributed by atoms with van der Waals surface area (Å²) in [5.41, 5.74) is 1.07. The summed E-state index contributed by atoms with van der Waals surface area (Å²) in [7, 11) is 0. The monoisotopic (exact) mass is 222 g/mol. The lowest BCUT2D eigenvalue weighted by Gasteiger charge is -2.31. The second-order valence-corrected chi connectivity index (χ2v) is 4.10. The van der Waals surface area contributed by atoms with Gasteiger partial charge in [-0.15, -0.1) is 0 Å². The Morgan fingerprint density at radius 2 is 1.88 bits per heavy atom. The average Bonchev–Trinajstić information content (AvgIpc) is 2.36. The van der Waals surface area contributed by atoms with E-state index in [1.807, 2.05) is 25.1 Å². The van der Waals surface area contributed by atoms with Gasteiger partial charge in [-0.05, 0) is 25.3 Å². The molecule has 2 heteroatoms. The summed E-state index contributed by atoms with van der Waals surface area (Å²) in [6.07, 6.45) is 1.80. The van der Waals surface area contributed by atoms with E-state index in [9.17, 15) is 5.11 Å². The molecule has 2 nitrogen and oxygen atoms in total. The number of aliphatic hydroxyl groups is 1. The first kappa shape index (κ1) is 13.2. The first-order valence-electron chi connectivity index (χ1n) is 6.03. The summed E-state index contributed by atoms with van der Waals surface area (Å²) < 4.78 is 5.40. The van der Waals surface area contributed by atoms with Crippen LogP contribution in [0.15, 0.2) is 30.3 Å². The molecule has 1 rings (SSSR count). The lowest BCUT2D eigenvalue weighted by molar-refractivity contribution is 0.0983. The lowest BCUT2D eigenvalue weighted by atomic mass is 9.76. The second-order valence-electron chi connectivity index (χ2n) is 4.10. The summed E-state index contributed by atoms with van der Waals surface area (Å²) in [5.74, 6) is 0. The van der Waals surface area contributed by atoms with Gasteiger partial charge in [-0.25, -0.2) is 0 Å². The van der Waals surface area contributed by atoms with Crippen LogP contribution >= 0.6 is 0 Å². The van der Waals surface area contributed by atoms with Gasteiger partial charge in [-0.1, -0.05) is 37.3 Å². The quantitative estimate of drug-likeness (QED) is 0.719. The second kappa shape index (κ2) is 6.66. The van der Waals surface area contributed by atoms with Gasteiger partial charge in [0.15, 0.2) is 0 Å². The molecular formula is C14H22O2. The number of hydrogen-bond acceptors (Lipinski definition) is 2. The van der Waals surface area contributed by atoms with Gasteiger partial charge < -0.3 is 9.84 Å². The van der Waals surface area contributed by atoms with Gasteiger partial charge in [0, 0.05) is 18.6 Å². The maximum absolute atomic E-state index is 9.67. The molecule has 1 aromatic rings. The number of ether oxygens (including phenoxy) is 1. The largest absolute Gasteiger partial charge is 0.395 e. The van der Waals surface area contributed by atoms with Gasteiger partial charge >= 0.3 is 0 Å². The molecule has 0 aliphatic rings. The van der Waals surface area contributed by atoms with Gasteiger partial charge in [0.2, 0.25) is 0 Å². The Morgan fingerprint density at radius 3 is 2.38 bits per heavy atom. The van der Waals surface area contributed by atoms with Crippen LogP contribution in [-0.4, -0.2) is 24.9 Å². The SMILES string of the molecule is CCOCCC(CC)(CO)c1ccccc1. The first-order chi connectivity index (χ1) is 7.79. The fraction of sp³-hybridized carbons (Fsp3) is 0.571. The highest BCUT2D eigenvalue weighted by molar-refractivity contribution is 5.25. The highest BCUT2D eigenvalue weighted by Crippen LogP contribution is 2.31. The summed E-state index contributed by atoms with van der Waals surface area (Å²) in [5, 5.41) is 9.67. The zero-order chi connectivity index (χ0) is 11.9. The highest BCUT2D eigenvalue weighted by Gasteiger charge is 2.28. The van der Waals surface area contributed by atoms with Crippen molar-refractivity contribution in [2.24, 2.45) is 0 Å². The Hall–Kier alpha value is -0.860. The number of hydrogen-bond donors (Lipinski definition) is 1. The van der Waals surface area contributed by atoms with Crippen LogP contribution in [0, 0.1) is 0 Å². The summed E-state index contributed by atoms with van der Waals surface area (Å²) in [6, 6.07) is 10.2. The van der Waals surface area contributed by atoms with E-state index >= 15 is 0 Å². The summed E-state index contributed by atoms with van der Waals surface area (Å²) in [4.78, 5) is 0. The van der Waals surface area contributed by atoms with Crippen LogP contribution < -0.4 is 0 Å². The highest BCUT2D eigenvalue weighted by atomic mass is 16.5. The number of benzene rings is 1. The van der Waals surface area contributed by atoms with Crippen LogP contribution in [0.5, 0.6) is 0 Å². The van der Waals surface area contributed by atoms with Crippen LogP contribution in [0.4, 0.5) is 0 Å². The molecule has 0 amide bonds. The Kier molecular flexibility index (Phi) is 5.50. The minimum Gasteiger partial charge on any atom is -0.395 e. The van der Waals surface area contributed by atoms with Gasteiger partial charge in [-0.3, -0.25) is 0 Å². The molecule has 1 atom stereocenters. The molecule has 0 aliphatic carbocycles. The third kappa shape index (κ3) is 3.06. The minimum atomic E-state index is -0.142. The molecule has 1 N–H and O–H groups in total. The Morgan fingerprint density at radius 1 is 1.19 bits per heavy atom. The molecule has 0 spiro atoms. The Labute approximate surface area is 98.3 Å². The minimum absolute atomic E-state index is 0.142. The molecule has 0 heterocycles. The molecule has 0 aliphatic heterocycles. The Bertz CT molecular complexity index is 278. The van der Waals surface area contributed by atoms with Crippen LogP contribution in [0.25, 0.3) is 0 Å². The average molecular weight is 222 g/mol. The van der Waals surface area contributed by atoms with Crippen molar-refractivity contribution < 1.29 is 9.84 Å². The summed E-state index contributed by atoms with van der Waals surface area (Å²) in [6.45, 7) is 5.74. The standard InChI is InChI=1S/C14H22O2/c1-3-14(12-15,10-11-16-4-2)13-8-6-5-7-9-13/h5-9,15H,3-4,10-12H2,1-2H3. The lowest BCUT2D eigenvalue weighted by Crippen LogP contribution is -2.31. The predicted molar refractivity (Wildman–Crippen MR) is 66.6 cm³/mol. The maximum Gasteiger partial charge on any atom is 0.0528 e. The van der Waals surface area contributed by atoms with Crippen LogP contribution in [0.3, 0.4) is 0 Å². The van der Waals surface area contributed by atoms with Gasteiger partial charge in [-0.2, -0.15) is 0 Å².